The van der Waals surface area contributed by atoms with Gasteiger partial charge in [0.25, 0.3) is 0 Å². The Hall–Kier alpha value is -1.92. The molecule has 120 valence electrons. The number of aromatic nitrogens is 2. The van der Waals surface area contributed by atoms with Crippen molar-refractivity contribution in [2.75, 3.05) is 36.4 Å². The van der Waals surface area contributed by atoms with Gasteiger partial charge in [0, 0.05) is 49.3 Å². The van der Waals surface area contributed by atoms with Gasteiger partial charge in [0.15, 0.2) is 5.11 Å². The first-order chi connectivity index (χ1) is 11.1. The molecule has 3 rings (SSSR count). The highest BCUT2D eigenvalue weighted by atomic mass is 35.5. The second-order valence-electron chi connectivity index (χ2n) is 5.41. The SMILES string of the molecule is Cc1cc(Cl)ccc1NC(=S)N1CCN(c2ncccn2)CC1. The van der Waals surface area contributed by atoms with Crippen LogP contribution >= 0.6 is 23.8 Å². The van der Waals surface area contributed by atoms with Gasteiger partial charge < -0.3 is 15.1 Å². The van der Waals surface area contributed by atoms with E-state index < -0.39 is 0 Å². The topological polar surface area (TPSA) is 44.3 Å². The van der Waals surface area contributed by atoms with Gasteiger partial charge in [-0.15, -0.1) is 0 Å². The van der Waals surface area contributed by atoms with E-state index in [1.807, 2.05) is 31.2 Å². The van der Waals surface area contributed by atoms with Crippen molar-refractivity contribution in [1.29, 1.82) is 0 Å². The Kier molecular flexibility index (Phi) is 4.93. The van der Waals surface area contributed by atoms with Crippen molar-refractivity contribution < 1.29 is 0 Å². The van der Waals surface area contributed by atoms with Crippen LogP contribution in [0.1, 0.15) is 5.56 Å². The Bertz CT molecular complexity index is 686. The van der Waals surface area contributed by atoms with E-state index in [-0.39, 0.29) is 0 Å². The van der Waals surface area contributed by atoms with E-state index in [1.54, 1.807) is 12.4 Å². The van der Waals surface area contributed by atoms with Gasteiger partial charge in [0.1, 0.15) is 0 Å². The quantitative estimate of drug-likeness (QED) is 0.843. The zero-order valence-electron chi connectivity index (χ0n) is 12.9. The van der Waals surface area contributed by atoms with E-state index >= 15 is 0 Å². The number of hydrogen-bond acceptors (Lipinski definition) is 4. The molecule has 1 aliphatic heterocycles. The number of halogens is 1. The first kappa shape index (κ1) is 16.0. The second-order valence-corrected chi connectivity index (χ2v) is 6.24. The van der Waals surface area contributed by atoms with Crippen LogP contribution in [0.25, 0.3) is 0 Å². The van der Waals surface area contributed by atoms with Crippen LogP contribution in [0, 0.1) is 6.92 Å². The van der Waals surface area contributed by atoms with Gasteiger partial charge in [-0.25, -0.2) is 9.97 Å². The van der Waals surface area contributed by atoms with Gasteiger partial charge >= 0.3 is 0 Å². The lowest BCUT2D eigenvalue weighted by molar-refractivity contribution is 0.388. The number of anilines is 2. The number of benzene rings is 1. The number of nitrogens with one attached hydrogen (secondary N) is 1. The Morgan fingerprint density at radius 3 is 2.52 bits per heavy atom. The molecule has 0 radical (unpaired) electrons. The summed E-state index contributed by atoms with van der Waals surface area (Å²) in [6, 6.07) is 7.58. The van der Waals surface area contributed by atoms with Crippen molar-refractivity contribution in [3.8, 4) is 0 Å². The summed E-state index contributed by atoms with van der Waals surface area (Å²) >= 11 is 11.5. The zero-order valence-corrected chi connectivity index (χ0v) is 14.4. The van der Waals surface area contributed by atoms with E-state index in [9.17, 15) is 0 Å². The molecule has 7 heteroatoms. The summed E-state index contributed by atoms with van der Waals surface area (Å²) in [7, 11) is 0. The second kappa shape index (κ2) is 7.10. The highest BCUT2D eigenvalue weighted by Gasteiger charge is 2.20. The summed E-state index contributed by atoms with van der Waals surface area (Å²) in [5, 5.41) is 4.78. The van der Waals surface area contributed by atoms with Crippen LogP contribution < -0.4 is 10.2 Å². The highest BCUT2D eigenvalue weighted by molar-refractivity contribution is 7.80. The number of piperazine rings is 1. The van der Waals surface area contributed by atoms with E-state index in [4.69, 9.17) is 23.8 Å². The van der Waals surface area contributed by atoms with E-state index in [0.717, 1.165) is 53.5 Å². The van der Waals surface area contributed by atoms with Crippen LogP contribution in [0.4, 0.5) is 11.6 Å². The smallest absolute Gasteiger partial charge is 0.225 e. The molecule has 2 heterocycles. The molecule has 0 aliphatic carbocycles. The van der Waals surface area contributed by atoms with E-state index in [0.29, 0.717) is 0 Å². The summed E-state index contributed by atoms with van der Waals surface area (Å²) in [6.07, 6.45) is 3.54. The molecule has 0 spiro atoms. The largest absolute Gasteiger partial charge is 0.345 e. The first-order valence-corrected chi connectivity index (χ1v) is 8.26. The predicted octanol–water partition coefficient (Wildman–Crippen LogP) is 2.96. The standard InChI is InChI=1S/C16H18ClN5S/c1-12-11-13(17)3-4-14(12)20-16(23)22-9-7-21(8-10-22)15-18-5-2-6-19-15/h2-6,11H,7-10H2,1H3,(H,20,23). The lowest BCUT2D eigenvalue weighted by atomic mass is 10.2. The van der Waals surface area contributed by atoms with Crippen LogP contribution in [0.2, 0.25) is 5.02 Å². The summed E-state index contributed by atoms with van der Waals surface area (Å²) < 4.78 is 0. The Morgan fingerprint density at radius 2 is 1.87 bits per heavy atom. The molecular weight excluding hydrogens is 330 g/mol. The summed E-state index contributed by atoms with van der Waals surface area (Å²) in [6.45, 7) is 5.41. The molecule has 23 heavy (non-hydrogen) atoms. The molecule has 1 N–H and O–H groups in total. The Labute approximate surface area is 146 Å². The van der Waals surface area contributed by atoms with Crippen LogP contribution in [0.15, 0.2) is 36.7 Å². The lowest BCUT2D eigenvalue weighted by Crippen LogP contribution is -2.50. The third-order valence-corrected chi connectivity index (χ3v) is 4.43. The fourth-order valence-electron chi connectivity index (χ4n) is 2.53. The van der Waals surface area contributed by atoms with Crippen molar-refractivity contribution >= 4 is 40.6 Å². The fourth-order valence-corrected chi connectivity index (χ4v) is 3.04. The first-order valence-electron chi connectivity index (χ1n) is 7.47. The molecule has 0 unspecified atom stereocenters. The molecule has 1 saturated heterocycles. The maximum absolute atomic E-state index is 5.99. The van der Waals surface area contributed by atoms with E-state index in [1.165, 1.54) is 0 Å². The summed E-state index contributed by atoms with van der Waals surface area (Å²) in [4.78, 5) is 12.9. The van der Waals surface area contributed by atoms with Gasteiger partial charge in [-0.1, -0.05) is 11.6 Å². The van der Waals surface area contributed by atoms with E-state index in [2.05, 4.69) is 25.1 Å². The molecular formula is C16H18ClN5S. The Morgan fingerprint density at radius 1 is 1.17 bits per heavy atom. The van der Waals surface area contributed by atoms with Gasteiger partial charge in [-0.05, 0) is 49.0 Å². The Balaban J connectivity index is 1.58. The average molecular weight is 348 g/mol. The summed E-state index contributed by atoms with van der Waals surface area (Å²) in [5.41, 5.74) is 2.07. The number of aryl methyl sites for hydroxylation is 1. The monoisotopic (exact) mass is 347 g/mol. The van der Waals surface area contributed by atoms with Crippen molar-refractivity contribution in [3.63, 3.8) is 0 Å². The molecule has 1 fully saturated rings. The van der Waals surface area contributed by atoms with Crippen LogP contribution in [-0.4, -0.2) is 46.2 Å². The maximum atomic E-state index is 5.99. The molecule has 0 amide bonds. The number of thiocarbonyl (C=S) groups is 1. The number of rotatable bonds is 2. The zero-order chi connectivity index (χ0) is 16.2. The average Bonchev–Trinajstić information content (AvgIpc) is 2.58. The molecule has 1 aromatic carbocycles. The van der Waals surface area contributed by atoms with Crippen molar-refractivity contribution in [2.24, 2.45) is 0 Å². The maximum Gasteiger partial charge on any atom is 0.225 e. The fraction of sp³-hybridized carbons (Fsp3) is 0.312. The molecule has 0 atom stereocenters. The molecule has 5 nitrogen and oxygen atoms in total. The minimum Gasteiger partial charge on any atom is -0.345 e. The summed E-state index contributed by atoms with van der Waals surface area (Å²) in [5.74, 6) is 0.777. The minimum absolute atomic E-state index is 0.732. The molecule has 0 bridgehead atoms. The van der Waals surface area contributed by atoms with Crippen molar-refractivity contribution in [1.82, 2.24) is 14.9 Å². The van der Waals surface area contributed by atoms with Crippen LogP contribution in [0.5, 0.6) is 0 Å². The number of nitrogens with zero attached hydrogens (tertiary/aromatic N) is 4. The molecule has 0 saturated carbocycles. The predicted molar refractivity (Wildman–Crippen MR) is 98.2 cm³/mol. The molecule has 1 aliphatic rings. The van der Waals surface area contributed by atoms with Crippen molar-refractivity contribution in [3.05, 3.63) is 47.2 Å². The molecule has 2 aromatic rings. The normalized spacial score (nSPS) is 14.7. The number of hydrogen-bond donors (Lipinski definition) is 1. The lowest BCUT2D eigenvalue weighted by Gasteiger charge is -2.36. The third kappa shape index (κ3) is 3.89. The van der Waals surface area contributed by atoms with Crippen LogP contribution in [0.3, 0.4) is 0 Å². The minimum atomic E-state index is 0.732. The van der Waals surface area contributed by atoms with Gasteiger partial charge in [0.05, 0.1) is 0 Å². The molecule has 1 aromatic heterocycles. The van der Waals surface area contributed by atoms with Gasteiger partial charge in [-0.2, -0.15) is 0 Å². The van der Waals surface area contributed by atoms with Crippen molar-refractivity contribution in [2.45, 2.75) is 6.92 Å². The third-order valence-electron chi connectivity index (χ3n) is 3.83. The highest BCUT2D eigenvalue weighted by Crippen LogP contribution is 2.20. The van der Waals surface area contributed by atoms with Gasteiger partial charge in [-0.3, -0.25) is 0 Å². The van der Waals surface area contributed by atoms with Crippen LogP contribution in [-0.2, 0) is 0 Å². The van der Waals surface area contributed by atoms with Gasteiger partial charge in [0.2, 0.25) is 5.95 Å².